The van der Waals surface area contributed by atoms with Crippen LogP contribution in [-0.4, -0.2) is 36.6 Å². The van der Waals surface area contributed by atoms with E-state index in [2.05, 4.69) is 68.2 Å². The number of benzene rings is 1. The predicted octanol–water partition coefficient (Wildman–Crippen LogP) is 2.94. The Bertz CT molecular complexity index is 380. The summed E-state index contributed by atoms with van der Waals surface area (Å²) in [7, 11) is 0. The lowest BCUT2D eigenvalue weighted by Crippen LogP contribution is -2.60. The molecule has 2 nitrogen and oxygen atoms in total. The fourth-order valence-corrected chi connectivity index (χ4v) is 2.91. The molecule has 0 aromatic heterocycles. The number of nitrogens with one attached hydrogen (secondary N) is 1. The fraction of sp³-hybridized carbons (Fsp3) is 0.647. The van der Waals surface area contributed by atoms with Gasteiger partial charge in [-0.05, 0) is 23.9 Å². The Morgan fingerprint density at radius 2 is 1.89 bits per heavy atom. The van der Waals surface area contributed by atoms with Crippen LogP contribution in [0.5, 0.6) is 0 Å². The van der Waals surface area contributed by atoms with Crippen LogP contribution >= 0.6 is 0 Å². The molecule has 1 aliphatic rings. The van der Waals surface area contributed by atoms with Crippen LogP contribution in [0, 0.1) is 5.41 Å². The average Bonchev–Trinajstić information content (AvgIpc) is 2.39. The second-order valence-electron chi connectivity index (χ2n) is 6.76. The maximum atomic E-state index is 3.75. The Balaban J connectivity index is 2.00. The van der Waals surface area contributed by atoms with Gasteiger partial charge >= 0.3 is 0 Å². The summed E-state index contributed by atoms with van der Waals surface area (Å²) in [6.45, 7) is 12.7. The van der Waals surface area contributed by atoms with Gasteiger partial charge in [-0.3, -0.25) is 4.90 Å². The van der Waals surface area contributed by atoms with E-state index in [0.29, 0.717) is 17.5 Å². The zero-order chi connectivity index (χ0) is 13.9. The number of piperazine rings is 1. The molecule has 19 heavy (non-hydrogen) atoms. The smallest absolute Gasteiger partial charge is 0.0261 e. The normalized spacial score (nSPS) is 25.5. The van der Waals surface area contributed by atoms with Crippen LogP contribution in [0.3, 0.4) is 0 Å². The van der Waals surface area contributed by atoms with E-state index in [1.165, 1.54) is 5.56 Å². The van der Waals surface area contributed by atoms with Gasteiger partial charge in [0.15, 0.2) is 0 Å². The van der Waals surface area contributed by atoms with Crippen molar-refractivity contribution in [3.05, 3.63) is 35.9 Å². The van der Waals surface area contributed by atoms with Gasteiger partial charge in [0.2, 0.25) is 0 Å². The lowest BCUT2D eigenvalue weighted by Gasteiger charge is -2.44. The minimum absolute atomic E-state index is 0.338. The first kappa shape index (κ1) is 14.5. The predicted molar refractivity (Wildman–Crippen MR) is 82.4 cm³/mol. The van der Waals surface area contributed by atoms with E-state index in [1.54, 1.807) is 0 Å². The SMILES string of the molecule is CCN1CC(C(C)(C)C)NCC1Cc1ccccc1. The molecule has 0 spiro atoms. The molecule has 2 unspecified atom stereocenters. The van der Waals surface area contributed by atoms with Crippen LogP contribution in [0.2, 0.25) is 0 Å². The molecule has 0 saturated carbocycles. The highest BCUT2D eigenvalue weighted by Gasteiger charge is 2.33. The van der Waals surface area contributed by atoms with Gasteiger partial charge in [0.25, 0.3) is 0 Å². The lowest BCUT2D eigenvalue weighted by molar-refractivity contribution is 0.0903. The minimum atomic E-state index is 0.338. The first-order valence-electron chi connectivity index (χ1n) is 7.52. The first-order chi connectivity index (χ1) is 9.00. The second-order valence-corrected chi connectivity index (χ2v) is 6.76. The minimum Gasteiger partial charge on any atom is -0.311 e. The number of likely N-dealkylation sites (N-methyl/N-ethyl adjacent to an activating group) is 1. The molecule has 1 aromatic rings. The monoisotopic (exact) mass is 260 g/mol. The van der Waals surface area contributed by atoms with E-state index in [0.717, 1.165) is 26.1 Å². The Hall–Kier alpha value is -0.860. The van der Waals surface area contributed by atoms with Crippen molar-refractivity contribution >= 4 is 0 Å². The van der Waals surface area contributed by atoms with E-state index < -0.39 is 0 Å². The molecular formula is C17H28N2. The summed E-state index contributed by atoms with van der Waals surface area (Å²) in [5.41, 5.74) is 1.78. The molecule has 0 radical (unpaired) electrons. The van der Waals surface area contributed by atoms with E-state index in [4.69, 9.17) is 0 Å². The lowest BCUT2D eigenvalue weighted by atomic mass is 9.84. The summed E-state index contributed by atoms with van der Waals surface area (Å²) >= 11 is 0. The van der Waals surface area contributed by atoms with E-state index in [1.807, 2.05) is 0 Å². The van der Waals surface area contributed by atoms with Gasteiger partial charge in [-0.25, -0.2) is 0 Å². The van der Waals surface area contributed by atoms with Crippen LogP contribution in [-0.2, 0) is 6.42 Å². The van der Waals surface area contributed by atoms with Crippen molar-refractivity contribution in [3.8, 4) is 0 Å². The summed E-state index contributed by atoms with van der Waals surface area (Å²) in [6.07, 6.45) is 1.15. The highest BCUT2D eigenvalue weighted by atomic mass is 15.2. The molecule has 1 fully saturated rings. The third-order valence-corrected chi connectivity index (χ3v) is 4.30. The number of hydrogen-bond donors (Lipinski definition) is 1. The molecule has 2 atom stereocenters. The van der Waals surface area contributed by atoms with Gasteiger partial charge in [0.1, 0.15) is 0 Å². The summed E-state index contributed by atoms with van der Waals surface area (Å²) in [5.74, 6) is 0. The van der Waals surface area contributed by atoms with Crippen molar-refractivity contribution in [2.24, 2.45) is 5.41 Å². The van der Waals surface area contributed by atoms with Crippen LogP contribution in [0.4, 0.5) is 0 Å². The molecule has 1 saturated heterocycles. The van der Waals surface area contributed by atoms with Gasteiger partial charge < -0.3 is 5.32 Å². The third-order valence-electron chi connectivity index (χ3n) is 4.30. The van der Waals surface area contributed by atoms with Gasteiger partial charge in [-0.15, -0.1) is 0 Å². The Morgan fingerprint density at radius 3 is 2.47 bits per heavy atom. The quantitative estimate of drug-likeness (QED) is 0.899. The zero-order valence-electron chi connectivity index (χ0n) is 12.8. The standard InChI is InChI=1S/C17H28N2/c1-5-19-13-16(17(2,3)4)18-12-15(19)11-14-9-7-6-8-10-14/h6-10,15-16,18H,5,11-13H2,1-4H3. The molecule has 1 aromatic carbocycles. The van der Waals surface area contributed by atoms with Gasteiger partial charge in [0, 0.05) is 25.2 Å². The van der Waals surface area contributed by atoms with Gasteiger partial charge in [0.05, 0.1) is 0 Å². The van der Waals surface area contributed by atoms with Crippen molar-refractivity contribution < 1.29 is 0 Å². The highest BCUT2D eigenvalue weighted by molar-refractivity contribution is 5.16. The summed E-state index contributed by atoms with van der Waals surface area (Å²) in [5, 5.41) is 3.75. The van der Waals surface area contributed by atoms with Crippen LogP contribution in [0.15, 0.2) is 30.3 Å². The molecule has 1 aliphatic heterocycles. The van der Waals surface area contributed by atoms with Crippen molar-refractivity contribution in [1.29, 1.82) is 0 Å². The van der Waals surface area contributed by atoms with E-state index in [9.17, 15) is 0 Å². The topological polar surface area (TPSA) is 15.3 Å². The van der Waals surface area contributed by atoms with Crippen molar-refractivity contribution in [2.45, 2.75) is 46.2 Å². The molecule has 1 N–H and O–H groups in total. The Kier molecular flexibility index (Phi) is 4.64. The van der Waals surface area contributed by atoms with Crippen LogP contribution in [0.25, 0.3) is 0 Å². The zero-order valence-corrected chi connectivity index (χ0v) is 12.8. The Morgan fingerprint density at radius 1 is 1.21 bits per heavy atom. The first-order valence-corrected chi connectivity index (χ1v) is 7.52. The maximum Gasteiger partial charge on any atom is 0.0261 e. The molecule has 2 rings (SSSR count). The van der Waals surface area contributed by atoms with Crippen LogP contribution in [0.1, 0.15) is 33.3 Å². The maximum absolute atomic E-state index is 3.75. The molecular weight excluding hydrogens is 232 g/mol. The molecule has 0 bridgehead atoms. The molecule has 0 aliphatic carbocycles. The second kappa shape index (κ2) is 6.06. The van der Waals surface area contributed by atoms with E-state index >= 15 is 0 Å². The van der Waals surface area contributed by atoms with Crippen molar-refractivity contribution in [3.63, 3.8) is 0 Å². The number of hydrogen-bond acceptors (Lipinski definition) is 2. The fourth-order valence-electron chi connectivity index (χ4n) is 2.91. The summed E-state index contributed by atoms with van der Waals surface area (Å²) in [6, 6.07) is 12.1. The molecule has 2 heteroatoms. The summed E-state index contributed by atoms with van der Waals surface area (Å²) in [4.78, 5) is 2.64. The van der Waals surface area contributed by atoms with Gasteiger partial charge in [-0.2, -0.15) is 0 Å². The summed E-state index contributed by atoms with van der Waals surface area (Å²) < 4.78 is 0. The van der Waals surface area contributed by atoms with Crippen molar-refractivity contribution in [2.75, 3.05) is 19.6 Å². The van der Waals surface area contributed by atoms with Crippen LogP contribution < -0.4 is 5.32 Å². The third kappa shape index (κ3) is 3.80. The number of rotatable bonds is 3. The molecule has 1 heterocycles. The average molecular weight is 260 g/mol. The molecule has 0 amide bonds. The van der Waals surface area contributed by atoms with Crippen molar-refractivity contribution in [1.82, 2.24) is 10.2 Å². The van der Waals surface area contributed by atoms with E-state index in [-0.39, 0.29) is 0 Å². The highest BCUT2D eigenvalue weighted by Crippen LogP contribution is 2.24. The number of nitrogens with zero attached hydrogens (tertiary/aromatic N) is 1. The largest absolute Gasteiger partial charge is 0.311 e. The Labute approximate surface area is 118 Å². The molecule has 106 valence electrons. The van der Waals surface area contributed by atoms with Gasteiger partial charge in [-0.1, -0.05) is 58.0 Å².